The molecule has 5 unspecified atom stereocenters. The van der Waals surface area contributed by atoms with E-state index in [1.165, 1.54) is 12.1 Å². The number of β-amino-alcohol motifs (C(OH)–C–C–N with tert-alkyl or cyclic N) is 1. The molecule has 0 spiro atoms. The zero-order valence-electron chi connectivity index (χ0n) is 31.5. The smallest absolute Gasteiger partial charge is 0.241 e. The highest BCUT2D eigenvalue weighted by molar-refractivity contribution is 7.89. The number of rotatable bonds is 14. The van der Waals surface area contributed by atoms with Gasteiger partial charge in [0.2, 0.25) is 15.9 Å². The number of aliphatic hydroxyl groups is 2. The van der Waals surface area contributed by atoms with Crippen molar-refractivity contribution in [1.29, 1.82) is 0 Å². The number of hydrogen-bond acceptors (Lipinski definition) is 8. The molecule has 56 heavy (non-hydrogen) atoms. The molecule has 292 valence electrons. The molecule has 0 saturated carbocycles. The Morgan fingerprint density at radius 3 is 2.25 bits per heavy atom. The van der Waals surface area contributed by atoms with E-state index in [0.29, 0.717) is 19.5 Å². The Labute approximate surface area is 329 Å². The molecule has 0 aromatic heterocycles. The Morgan fingerprint density at radius 2 is 1.54 bits per heavy atom. The normalized spacial score (nSPS) is 20.8. The molecule has 0 radical (unpaired) electrons. The van der Waals surface area contributed by atoms with Gasteiger partial charge in [-0.3, -0.25) is 9.69 Å². The molecule has 0 aliphatic carbocycles. The van der Waals surface area contributed by atoms with Crippen LogP contribution in [-0.2, 0) is 43.9 Å². The van der Waals surface area contributed by atoms with Crippen molar-refractivity contribution in [3.63, 3.8) is 0 Å². The van der Waals surface area contributed by atoms with Crippen LogP contribution in [0.2, 0.25) is 0 Å². The van der Waals surface area contributed by atoms with Crippen molar-refractivity contribution in [3.05, 3.63) is 161 Å². The first-order chi connectivity index (χ1) is 27.1. The second-order valence-electron chi connectivity index (χ2n) is 14.8. The van der Waals surface area contributed by atoms with Crippen LogP contribution in [0.5, 0.6) is 0 Å². The first-order valence-corrected chi connectivity index (χ1v) is 20.6. The van der Waals surface area contributed by atoms with Crippen molar-refractivity contribution in [2.75, 3.05) is 19.6 Å². The van der Waals surface area contributed by atoms with Crippen molar-refractivity contribution >= 4 is 15.9 Å². The number of sulfonamides is 1. The standard InChI is InChI=1S/C45H49N3O7S/c1-31-13-19-41(20-14-31)56(52,53)47-42(24-32-7-3-2-4-8-32)44(51)46-27-34-9-5-10-36(23-34)37-11-6-12-38(25-37)45-54-40(29-48-22-21-39(50)28-48)26-43(55-45)35-17-15-33(30-49)16-18-35/h2-20,23,25,39-40,42-43,45,47,49-50H,21-22,24,26-30H2,1H3,(H,46,51). The molecule has 5 aromatic carbocycles. The number of carbonyl (C=O) groups excluding carboxylic acids is 1. The van der Waals surface area contributed by atoms with Gasteiger partial charge in [-0.1, -0.05) is 109 Å². The van der Waals surface area contributed by atoms with Crippen LogP contribution in [0.4, 0.5) is 0 Å². The maximum absolute atomic E-state index is 13.7. The van der Waals surface area contributed by atoms with Gasteiger partial charge in [0.15, 0.2) is 6.29 Å². The van der Waals surface area contributed by atoms with Gasteiger partial charge in [-0.25, -0.2) is 8.42 Å². The quantitative estimate of drug-likeness (QED) is 0.108. The van der Waals surface area contributed by atoms with Crippen molar-refractivity contribution in [2.24, 2.45) is 0 Å². The summed E-state index contributed by atoms with van der Waals surface area (Å²) < 4.78 is 42.6. The molecular formula is C45H49N3O7S. The summed E-state index contributed by atoms with van der Waals surface area (Å²) in [7, 11) is -3.97. The number of amides is 1. The first kappa shape index (κ1) is 39.5. The van der Waals surface area contributed by atoms with Crippen LogP contribution in [0.3, 0.4) is 0 Å². The SMILES string of the molecule is Cc1ccc(S(=O)(=O)NC(Cc2ccccc2)C(=O)NCc2cccc(-c3cccc(C4OC(CN5CCC(O)C5)CC(c5ccc(CO)cc5)O4)c3)c2)cc1. The molecule has 5 atom stereocenters. The molecule has 2 fully saturated rings. The van der Waals surface area contributed by atoms with Gasteiger partial charge in [-0.2, -0.15) is 4.72 Å². The van der Waals surface area contributed by atoms with Crippen molar-refractivity contribution in [3.8, 4) is 11.1 Å². The second kappa shape index (κ2) is 18.0. The van der Waals surface area contributed by atoms with Gasteiger partial charge in [0.25, 0.3) is 0 Å². The summed E-state index contributed by atoms with van der Waals surface area (Å²) >= 11 is 0. The van der Waals surface area contributed by atoms with Crippen molar-refractivity contribution in [2.45, 2.75) is 74.9 Å². The number of benzene rings is 5. The van der Waals surface area contributed by atoms with Crippen LogP contribution >= 0.6 is 0 Å². The average Bonchev–Trinajstić information content (AvgIpc) is 3.64. The summed E-state index contributed by atoms with van der Waals surface area (Å²) in [6.45, 7) is 4.20. The maximum atomic E-state index is 13.7. The molecule has 0 bridgehead atoms. The lowest BCUT2D eigenvalue weighted by Crippen LogP contribution is -2.47. The lowest BCUT2D eigenvalue weighted by molar-refractivity contribution is -0.252. The Hall–Kier alpha value is -4.72. The third-order valence-electron chi connectivity index (χ3n) is 10.4. The maximum Gasteiger partial charge on any atom is 0.241 e. The van der Waals surface area contributed by atoms with Crippen LogP contribution in [0.25, 0.3) is 11.1 Å². The van der Waals surface area contributed by atoms with Gasteiger partial charge in [0.05, 0.1) is 29.8 Å². The third-order valence-corrected chi connectivity index (χ3v) is 11.9. The number of carbonyl (C=O) groups is 1. The number of hydrogen-bond donors (Lipinski definition) is 4. The number of likely N-dealkylation sites (tertiary alicyclic amines) is 1. The van der Waals surface area contributed by atoms with E-state index in [0.717, 1.165) is 57.5 Å². The van der Waals surface area contributed by atoms with E-state index in [1.807, 2.05) is 104 Å². The minimum Gasteiger partial charge on any atom is -0.392 e. The number of ether oxygens (including phenoxy) is 2. The zero-order chi connectivity index (χ0) is 39.1. The summed E-state index contributed by atoms with van der Waals surface area (Å²) in [5.74, 6) is -0.429. The molecule has 2 aliphatic rings. The highest BCUT2D eigenvalue weighted by atomic mass is 32.2. The van der Waals surface area contributed by atoms with Gasteiger partial charge >= 0.3 is 0 Å². The van der Waals surface area contributed by atoms with Crippen LogP contribution in [-0.4, -0.2) is 67.3 Å². The monoisotopic (exact) mass is 775 g/mol. The topological polar surface area (TPSA) is 137 Å². The number of aryl methyl sites for hydroxylation is 1. The summed E-state index contributed by atoms with van der Waals surface area (Å²) in [5.41, 5.74) is 7.23. The summed E-state index contributed by atoms with van der Waals surface area (Å²) in [6.07, 6.45) is 0.313. The molecule has 2 heterocycles. The van der Waals surface area contributed by atoms with E-state index in [2.05, 4.69) is 21.0 Å². The molecule has 10 nitrogen and oxygen atoms in total. The molecule has 5 aromatic rings. The largest absolute Gasteiger partial charge is 0.392 e. The summed E-state index contributed by atoms with van der Waals surface area (Å²) in [5, 5.41) is 22.7. The predicted molar refractivity (Wildman–Crippen MR) is 215 cm³/mol. The van der Waals surface area contributed by atoms with Crippen LogP contribution in [0.15, 0.2) is 132 Å². The fraction of sp³-hybridized carbons (Fsp3) is 0.311. The fourth-order valence-electron chi connectivity index (χ4n) is 7.35. The van der Waals surface area contributed by atoms with Crippen molar-refractivity contribution in [1.82, 2.24) is 14.9 Å². The molecule has 2 saturated heterocycles. The Balaban J connectivity index is 1.06. The van der Waals surface area contributed by atoms with Gasteiger partial charge in [-0.05, 0) is 77.4 Å². The van der Waals surface area contributed by atoms with Crippen molar-refractivity contribution < 1.29 is 32.9 Å². The van der Waals surface area contributed by atoms with Gasteiger partial charge in [0.1, 0.15) is 6.04 Å². The van der Waals surface area contributed by atoms with E-state index >= 15 is 0 Å². The highest BCUT2D eigenvalue weighted by Crippen LogP contribution is 2.39. The highest BCUT2D eigenvalue weighted by Gasteiger charge is 2.34. The molecule has 1 amide bonds. The third kappa shape index (κ3) is 10.2. The minimum absolute atomic E-state index is 0.0251. The Morgan fingerprint density at radius 1 is 0.821 bits per heavy atom. The Bertz CT molecular complexity index is 2180. The van der Waals surface area contributed by atoms with Crippen LogP contribution in [0.1, 0.15) is 58.6 Å². The van der Waals surface area contributed by atoms with E-state index in [9.17, 15) is 23.4 Å². The zero-order valence-corrected chi connectivity index (χ0v) is 32.3. The molecule has 7 rings (SSSR count). The number of nitrogens with one attached hydrogen (secondary N) is 2. The van der Waals surface area contributed by atoms with Gasteiger partial charge in [-0.15, -0.1) is 0 Å². The van der Waals surface area contributed by atoms with E-state index in [-0.39, 0.29) is 42.8 Å². The van der Waals surface area contributed by atoms with E-state index in [4.69, 9.17) is 9.47 Å². The first-order valence-electron chi connectivity index (χ1n) is 19.1. The summed E-state index contributed by atoms with van der Waals surface area (Å²) in [6, 6.07) is 38.6. The number of nitrogens with zero attached hydrogens (tertiary/aromatic N) is 1. The average molecular weight is 776 g/mol. The minimum atomic E-state index is -3.97. The fourth-order valence-corrected chi connectivity index (χ4v) is 8.54. The van der Waals surface area contributed by atoms with Crippen LogP contribution < -0.4 is 10.0 Å². The lowest BCUT2D eigenvalue weighted by Gasteiger charge is -2.38. The van der Waals surface area contributed by atoms with E-state index < -0.39 is 28.3 Å². The van der Waals surface area contributed by atoms with Crippen LogP contribution in [0, 0.1) is 6.92 Å². The molecule has 11 heteroatoms. The molecule has 2 aliphatic heterocycles. The van der Waals surface area contributed by atoms with Gasteiger partial charge < -0.3 is 25.0 Å². The number of aliphatic hydroxyl groups excluding tert-OH is 2. The molecular weight excluding hydrogens is 727 g/mol. The lowest BCUT2D eigenvalue weighted by atomic mass is 9.98. The summed E-state index contributed by atoms with van der Waals surface area (Å²) in [4.78, 5) is 16.0. The van der Waals surface area contributed by atoms with Gasteiger partial charge in [0, 0.05) is 38.2 Å². The predicted octanol–water partition coefficient (Wildman–Crippen LogP) is 5.97. The van der Waals surface area contributed by atoms with E-state index in [1.54, 1.807) is 12.1 Å². The molecule has 4 N–H and O–H groups in total. The second-order valence-corrected chi connectivity index (χ2v) is 16.5. The Kier molecular flexibility index (Phi) is 12.7.